The Morgan fingerprint density at radius 3 is 2.46 bits per heavy atom. The maximum absolute atomic E-state index is 10.5. The smallest absolute Gasteiger partial charge is 0.210 e. The van der Waals surface area contributed by atoms with E-state index in [1.54, 1.807) is 19.0 Å². The lowest BCUT2D eigenvalue weighted by Gasteiger charge is -2.20. The lowest BCUT2D eigenvalue weighted by molar-refractivity contribution is -0.117. The van der Waals surface area contributed by atoms with Crippen molar-refractivity contribution < 1.29 is 4.79 Å². The summed E-state index contributed by atoms with van der Waals surface area (Å²) in [5.74, 6) is 0. The first kappa shape index (κ1) is 12.4. The van der Waals surface area contributed by atoms with Crippen LogP contribution >= 0.6 is 15.9 Å². The number of hydrogen-bond acceptors (Lipinski definition) is 2. The van der Waals surface area contributed by atoms with Gasteiger partial charge in [-0.05, 0) is 24.4 Å². The monoisotopic (exact) mass is 246 g/mol. The summed E-state index contributed by atoms with van der Waals surface area (Å²) in [6, 6.07) is 0.00926. The van der Waals surface area contributed by atoms with E-state index in [2.05, 4.69) is 20.9 Å². The van der Waals surface area contributed by atoms with Gasteiger partial charge in [0.15, 0.2) is 0 Å². The van der Waals surface area contributed by atoms with Gasteiger partial charge < -0.3 is 4.90 Å². The molecule has 4 heteroatoms. The third kappa shape index (κ3) is 4.22. The Kier molecular flexibility index (Phi) is 5.62. The van der Waals surface area contributed by atoms with Gasteiger partial charge in [-0.15, -0.1) is 0 Å². The van der Waals surface area contributed by atoms with E-state index in [4.69, 9.17) is 0 Å². The molecule has 1 unspecified atom stereocenters. The molecule has 0 spiro atoms. The molecular weight excluding hydrogens is 232 g/mol. The molecule has 0 fully saturated rings. The Morgan fingerprint density at radius 2 is 2.15 bits per heavy atom. The van der Waals surface area contributed by atoms with E-state index in [-0.39, 0.29) is 6.04 Å². The van der Waals surface area contributed by atoms with Crippen molar-refractivity contribution in [3.8, 4) is 0 Å². The molecule has 0 saturated heterocycles. The molecule has 0 saturated carbocycles. The second-order valence-electron chi connectivity index (χ2n) is 2.83. The van der Waals surface area contributed by atoms with Gasteiger partial charge >= 0.3 is 0 Å². The van der Waals surface area contributed by atoms with Crippen molar-refractivity contribution in [1.29, 1.82) is 0 Å². The molecule has 0 radical (unpaired) electrons. The number of carbonyl (C=O) groups excluding carboxylic acids is 1. The lowest BCUT2D eigenvalue weighted by Crippen LogP contribution is -2.34. The Balaban J connectivity index is 4.61. The Morgan fingerprint density at radius 1 is 1.62 bits per heavy atom. The van der Waals surface area contributed by atoms with Crippen LogP contribution < -0.4 is 0 Å². The molecule has 0 bridgehead atoms. The van der Waals surface area contributed by atoms with Crippen LogP contribution in [-0.2, 0) is 4.79 Å². The molecule has 0 aromatic heterocycles. The van der Waals surface area contributed by atoms with Gasteiger partial charge in [0.1, 0.15) is 0 Å². The number of amides is 1. The van der Waals surface area contributed by atoms with Gasteiger partial charge in [-0.3, -0.25) is 9.79 Å². The van der Waals surface area contributed by atoms with E-state index in [1.807, 2.05) is 19.9 Å². The molecule has 1 amide bonds. The zero-order valence-electron chi connectivity index (χ0n) is 8.41. The minimum Gasteiger partial charge on any atom is -0.340 e. The average Bonchev–Trinajstić information content (AvgIpc) is 2.11. The van der Waals surface area contributed by atoms with E-state index in [1.165, 1.54) is 0 Å². The predicted octanol–water partition coefficient (Wildman–Crippen LogP) is 1.83. The number of aliphatic imine (C=N–C) groups is 1. The number of rotatable bonds is 4. The highest BCUT2D eigenvalue weighted by Gasteiger charge is 2.11. The molecule has 1 atom stereocenters. The fourth-order valence-corrected chi connectivity index (χ4v) is 1.11. The van der Waals surface area contributed by atoms with E-state index in [0.717, 1.165) is 16.6 Å². The highest BCUT2D eigenvalue weighted by atomic mass is 79.9. The summed E-state index contributed by atoms with van der Waals surface area (Å²) in [6.07, 6.45) is 2.71. The largest absolute Gasteiger partial charge is 0.340 e. The van der Waals surface area contributed by atoms with Crippen molar-refractivity contribution >= 4 is 28.1 Å². The van der Waals surface area contributed by atoms with Crippen molar-refractivity contribution in [1.82, 2.24) is 4.90 Å². The maximum atomic E-state index is 10.5. The molecule has 0 aromatic carbocycles. The summed E-state index contributed by atoms with van der Waals surface area (Å²) in [5.41, 5.74) is 0.879. The third-order valence-electron chi connectivity index (χ3n) is 1.81. The molecule has 0 aliphatic rings. The normalized spacial score (nSPS) is 15.5. The first-order chi connectivity index (χ1) is 6.02. The minimum atomic E-state index is 0.00926. The summed E-state index contributed by atoms with van der Waals surface area (Å²) in [4.78, 5) is 16.2. The third-order valence-corrected chi connectivity index (χ3v) is 2.04. The first-order valence-corrected chi connectivity index (χ1v) is 4.80. The van der Waals surface area contributed by atoms with Crippen LogP contribution in [0.3, 0.4) is 0 Å². The second kappa shape index (κ2) is 5.91. The highest BCUT2D eigenvalue weighted by molar-refractivity contribution is 9.11. The molecule has 0 aromatic rings. The lowest BCUT2D eigenvalue weighted by atomic mass is 10.1. The van der Waals surface area contributed by atoms with Crippen molar-refractivity contribution in [2.24, 2.45) is 4.99 Å². The summed E-state index contributed by atoms with van der Waals surface area (Å²) >= 11 is 3.33. The fraction of sp³-hybridized carbons (Fsp3) is 0.556. The van der Waals surface area contributed by atoms with Crippen LogP contribution in [0, 0.1) is 0 Å². The highest BCUT2D eigenvalue weighted by Crippen LogP contribution is 2.06. The summed E-state index contributed by atoms with van der Waals surface area (Å²) < 4.78 is 0.999. The quantitative estimate of drug-likeness (QED) is 0.551. The summed E-state index contributed by atoms with van der Waals surface area (Å²) in [6.45, 7) is 3.86. The maximum Gasteiger partial charge on any atom is 0.210 e. The van der Waals surface area contributed by atoms with E-state index < -0.39 is 0 Å². The molecule has 3 nitrogen and oxygen atoms in total. The van der Waals surface area contributed by atoms with Gasteiger partial charge in [0.05, 0.1) is 11.8 Å². The zero-order chi connectivity index (χ0) is 10.4. The molecule has 0 N–H and O–H groups in total. The van der Waals surface area contributed by atoms with Crippen LogP contribution in [0.2, 0.25) is 0 Å². The minimum absolute atomic E-state index is 0.00926. The second-order valence-corrected chi connectivity index (χ2v) is 4.08. The number of nitrogens with zero attached hydrogens (tertiary/aromatic N) is 2. The van der Waals surface area contributed by atoms with Crippen molar-refractivity contribution in [3.63, 3.8) is 0 Å². The van der Waals surface area contributed by atoms with Crippen LogP contribution in [0.4, 0.5) is 0 Å². The number of carbonyl (C=O) groups is 1. The van der Waals surface area contributed by atoms with Crippen LogP contribution in [0.1, 0.15) is 13.8 Å². The Hall–Kier alpha value is -0.640. The van der Waals surface area contributed by atoms with Gasteiger partial charge in [0.25, 0.3) is 0 Å². The van der Waals surface area contributed by atoms with Crippen molar-refractivity contribution in [2.45, 2.75) is 19.9 Å². The molecule has 13 heavy (non-hydrogen) atoms. The van der Waals surface area contributed by atoms with Crippen LogP contribution in [0.5, 0.6) is 0 Å². The van der Waals surface area contributed by atoms with Crippen molar-refractivity contribution in [3.05, 3.63) is 10.6 Å². The SMILES string of the molecule is CN=C(/C=C(\C)Br)C(C)N(C)C=O. The van der Waals surface area contributed by atoms with Gasteiger partial charge in [0, 0.05) is 14.1 Å². The average molecular weight is 247 g/mol. The predicted molar refractivity (Wildman–Crippen MR) is 59.3 cm³/mol. The summed E-state index contributed by atoms with van der Waals surface area (Å²) in [7, 11) is 3.46. The van der Waals surface area contributed by atoms with Crippen LogP contribution in [0.15, 0.2) is 15.6 Å². The number of hydrogen-bond donors (Lipinski definition) is 0. The molecule has 0 heterocycles. The van der Waals surface area contributed by atoms with Crippen LogP contribution in [0.25, 0.3) is 0 Å². The van der Waals surface area contributed by atoms with Gasteiger partial charge in [0.2, 0.25) is 6.41 Å². The first-order valence-electron chi connectivity index (χ1n) is 4.00. The van der Waals surface area contributed by atoms with Crippen LogP contribution in [-0.4, -0.2) is 37.2 Å². The summed E-state index contributed by atoms with van der Waals surface area (Å²) in [5, 5.41) is 0. The topological polar surface area (TPSA) is 32.7 Å². The zero-order valence-corrected chi connectivity index (χ0v) is 10.00. The molecule has 74 valence electrons. The van der Waals surface area contributed by atoms with E-state index in [0.29, 0.717) is 0 Å². The van der Waals surface area contributed by atoms with Gasteiger partial charge in [-0.1, -0.05) is 15.9 Å². The number of allylic oxidation sites excluding steroid dienone is 1. The standard InChI is InChI=1S/C9H15BrN2O/c1-7(10)5-9(11-3)8(2)12(4)6-13/h5-6,8H,1-4H3/b7-5+,11-9?. The van der Waals surface area contributed by atoms with E-state index >= 15 is 0 Å². The number of halogens is 1. The van der Waals surface area contributed by atoms with E-state index in [9.17, 15) is 4.79 Å². The van der Waals surface area contributed by atoms with Gasteiger partial charge in [-0.25, -0.2) is 0 Å². The molecule has 0 aliphatic heterocycles. The van der Waals surface area contributed by atoms with Crippen molar-refractivity contribution in [2.75, 3.05) is 14.1 Å². The molecule has 0 rings (SSSR count). The Labute approximate surface area is 87.7 Å². The molecular formula is C9H15BrN2O. The molecule has 0 aliphatic carbocycles. The van der Waals surface area contributed by atoms with Gasteiger partial charge in [-0.2, -0.15) is 0 Å². The fourth-order valence-electron chi connectivity index (χ4n) is 0.876. The Bertz CT molecular complexity index is 232.